The second-order valence-electron chi connectivity index (χ2n) is 11.6. The minimum atomic E-state index is -0.907. The Kier molecular flexibility index (Phi) is 14.4. The molecule has 0 aliphatic carbocycles. The number of rotatable bonds is 15. The van der Waals surface area contributed by atoms with Crippen LogP contribution in [0.1, 0.15) is 58.6 Å². The maximum Gasteiger partial charge on any atom is 0.408 e. The zero-order chi connectivity index (χ0) is 31.1. The lowest BCUT2D eigenvalue weighted by molar-refractivity contribution is -0.133. The van der Waals surface area contributed by atoms with E-state index in [4.69, 9.17) is 4.74 Å². The van der Waals surface area contributed by atoms with Gasteiger partial charge in [-0.25, -0.2) is 4.79 Å². The first kappa shape index (κ1) is 34.7. The molecule has 0 unspecified atom stereocenters. The smallest absolute Gasteiger partial charge is 0.408 e. The van der Waals surface area contributed by atoms with E-state index >= 15 is 0 Å². The van der Waals surface area contributed by atoms with Crippen LogP contribution < -0.4 is 21.3 Å². The first-order valence-electron chi connectivity index (χ1n) is 14.3. The molecule has 9 nitrogen and oxygen atoms in total. The Morgan fingerprint density at radius 3 is 1.86 bits per heavy atom. The quantitative estimate of drug-likeness (QED) is 0.244. The van der Waals surface area contributed by atoms with Gasteiger partial charge in [0, 0.05) is 13.0 Å². The van der Waals surface area contributed by atoms with Crippen molar-refractivity contribution in [1.29, 1.82) is 0 Å². The Labute approximate surface area is 254 Å². The SMILES string of the molecule is CSCC[C@H](NC(=O)OC(C)(C)C)C(=O)N[C@@H](CC(C)C)C(=O)N[C@@H](Cc1ccccc1)C(=O)NCc1ccccc1. The highest BCUT2D eigenvalue weighted by Gasteiger charge is 2.31. The number of thioether (sulfide) groups is 1. The molecule has 10 heteroatoms. The molecule has 2 aromatic rings. The molecule has 4 N–H and O–H groups in total. The summed E-state index contributed by atoms with van der Waals surface area (Å²) >= 11 is 1.54. The molecule has 0 fully saturated rings. The Bertz CT molecular complexity index is 1140. The van der Waals surface area contributed by atoms with Gasteiger partial charge in [0.15, 0.2) is 0 Å². The minimum Gasteiger partial charge on any atom is -0.444 e. The van der Waals surface area contributed by atoms with Crippen molar-refractivity contribution in [2.75, 3.05) is 12.0 Å². The highest BCUT2D eigenvalue weighted by atomic mass is 32.2. The van der Waals surface area contributed by atoms with Gasteiger partial charge >= 0.3 is 6.09 Å². The molecule has 230 valence electrons. The third-order valence-corrected chi connectivity index (χ3v) is 6.83. The standard InChI is InChI=1S/C32H46N4O5S/c1-22(2)19-26(34-29(38)25(17-18-42-6)36-31(40)41-32(3,4)5)30(39)35-27(20-23-13-9-7-10-14-23)28(37)33-21-24-15-11-8-12-16-24/h7-16,22,25-27H,17-21H2,1-6H3,(H,33,37)(H,34,38)(H,35,39)(H,36,40)/t25-,26-,27-/m0/s1. The molecular weight excluding hydrogens is 552 g/mol. The molecule has 0 heterocycles. The maximum atomic E-state index is 13.6. The van der Waals surface area contributed by atoms with E-state index in [1.54, 1.807) is 32.5 Å². The van der Waals surface area contributed by atoms with Crippen LogP contribution in [0.4, 0.5) is 4.79 Å². The molecule has 42 heavy (non-hydrogen) atoms. The highest BCUT2D eigenvalue weighted by Crippen LogP contribution is 2.11. The summed E-state index contributed by atoms with van der Waals surface area (Å²) in [5.74, 6) is -0.577. The zero-order valence-electron chi connectivity index (χ0n) is 25.6. The van der Waals surface area contributed by atoms with Gasteiger partial charge in [-0.1, -0.05) is 74.5 Å². The van der Waals surface area contributed by atoms with E-state index in [1.165, 1.54) is 0 Å². The normalized spacial score (nSPS) is 13.4. The van der Waals surface area contributed by atoms with E-state index in [9.17, 15) is 19.2 Å². The molecule has 0 bridgehead atoms. The first-order chi connectivity index (χ1) is 19.9. The van der Waals surface area contributed by atoms with Gasteiger partial charge in [-0.05, 0) is 62.7 Å². The summed E-state index contributed by atoms with van der Waals surface area (Å²) < 4.78 is 5.35. The lowest BCUT2D eigenvalue weighted by Crippen LogP contribution is -2.57. The predicted molar refractivity (Wildman–Crippen MR) is 168 cm³/mol. The molecule has 4 amide bonds. The number of amides is 4. The number of alkyl carbamates (subject to hydrolysis) is 1. The predicted octanol–water partition coefficient (Wildman–Crippen LogP) is 4.21. The molecule has 2 rings (SSSR count). The van der Waals surface area contributed by atoms with Crippen molar-refractivity contribution in [3.05, 3.63) is 71.8 Å². The second-order valence-corrected chi connectivity index (χ2v) is 12.6. The number of benzene rings is 2. The zero-order valence-corrected chi connectivity index (χ0v) is 26.4. The lowest BCUT2D eigenvalue weighted by Gasteiger charge is -2.27. The fourth-order valence-electron chi connectivity index (χ4n) is 4.17. The van der Waals surface area contributed by atoms with Gasteiger partial charge in [0.2, 0.25) is 17.7 Å². The summed E-state index contributed by atoms with van der Waals surface area (Å²) in [5, 5.41) is 11.3. The van der Waals surface area contributed by atoms with E-state index < -0.39 is 41.6 Å². The van der Waals surface area contributed by atoms with Crippen LogP contribution in [0.2, 0.25) is 0 Å². The van der Waals surface area contributed by atoms with E-state index in [1.807, 2.05) is 80.8 Å². The van der Waals surface area contributed by atoms with Gasteiger partial charge in [-0.2, -0.15) is 11.8 Å². The monoisotopic (exact) mass is 598 g/mol. The van der Waals surface area contributed by atoms with Crippen molar-refractivity contribution in [2.24, 2.45) is 5.92 Å². The summed E-state index contributed by atoms with van der Waals surface area (Å²) in [7, 11) is 0. The summed E-state index contributed by atoms with van der Waals surface area (Å²) in [6.45, 7) is 9.45. The van der Waals surface area contributed by atoms with Crippen LogP contribution in [-0.4, -0.2) is 59.5 Å². The Morgan fingerprint density at radius 2 is 1.31 bits per heavy atom. The van der Waals surface area contributed by atoms with E-state index in [0.29, 0.717) is 25.1 Å². The highest BCUT2D eigenvalue weighted by molar-refractivity contribution is 7.98. The average Bonchev–Trinajstić information content (AvgIpc) is 2.93. The minimum absolute atomic E-state index is 0.0731. The van der Waals surface area contributed by atoms with E-state index in [-0.39, 0.29) is 18.2 Å². The van der Waals surface area contributed by atoms with Gasteiger partial charge < -0.3 is 26.0 Å². The largest absolute Gasteiger partial charge is 0.444 e. The van der Waals surface area contributed by atoms with Crippen LogP contribution in [0.3, 0.4) is 0 Å². The fraction of sp³-hybridized carbons (Fsp3) is 0.500. The lowest BCUT2D eigenvalue weighted by atomic mass is 10.0. The fourth-order valence-corrected chi connectivity index (χ4v) is 4.64. The molecule has 0 spiro atoms. The Morgan fingerprint density at radius 1 is 0.762 bits per heavy atom. The molecule has 2 aromatic carbocycles. The van der Waals surface area contributed by atoms with Crippen LogP contribution in [0.5, 0.6) is 0 Å². The maximum absolute atomic E-state index is 13.6. The third-order valence-electron chi connectivity index (χ3n) is 6.18. The number of nitrogens with one attached hydrogen (secondary N) is 4. The molecule has 0 aliphatic heterocycles. The van der Waals surface area contributed by atoms with Crippen LogP contribution in [-0.2, 0) is 32.1 Å². The molecule has 0 radical (unpaired) electrons. The number of carbonyl (C=O) groups is 4. The Balaban J connectivity index is 2.19. The summed E-state index contributed by atoms with van der Waals surface area (Å²) in [6.07, 6.45) is 2.20. The van der Waals surface area contributed by atoms with Crippen molar-refractivity contribution in [2.45, 2.75) is 84.2 Å². The van der Waals surface area contributed by atoms with Crippen molar-refractivity contribution < 1.29 is 23.9 Å². The number of ether oxygens (including phenoxy) is 1. The molecule has 3 atom stereocenters. The molecule has 0 aromatic heterocycles. The van der Waals surface area contributed by atoms with Crippen LogP contribution in [0.15, 0.2) is 60.7 Å². The topological polar surface area (TPSA) is 126 Å². The van der Waals surface area contributed by atoms with E-state index in [0.717, 1.165) is 11.1 Å². The van der Waals surface area contributed by atoms with Crippen molar-refractivity contribution in [3.63, 3.8) is 0 Å². The molecule has 0 saturated heterocycles. The van der Waals surface area contributed by atoms with Gasteiger partial charge in [0.25, 0.3) is 0 Å². The van der Waals surface area contributed by atoms with Gasteiger partial charge in [0.05, 0.1) is 0 Å². The van der Waals surface area contributed by atoms with Crippen molar-refractivity contribution in [3.8, 4) is 0 Å². The van der Waals surface area contributed by atoms with Gasteiger partial charge in [-0.15, -0.1) is 0 Å². The molecule has 0 saturated carbocycles. The second kappa shape index (κ2) is 17.4. The molecular formula is C32H46N4O5S. The summed E-state index contributed by atoms with van der Waals surface area (Å²) in [4.78, 5) is 52.7. The van der Waals surface area contributed by atoms with Gasteiger partial charge in [-0.3, -0.25) is 14.4 Å². The number of carbonyl (C=O) groups excluding carboxylic acids is 4. The van der Waals surface area contributed by atoms with Crippen LogP contribution >= 0.6 is 11.8 Å². The van der Waals surface area contributed by atoms with Gasteiger partial charge in [0.1, 0.15) is 23.7 Å². The number of hydrogen-bond acceptors (Lipinski definition) is 6. The Hall–Kier alpha value is -3.53. The summed E-state index contributed by atoms with van der Waals surface area (Å²) in [6, 6.07) is 16.3. The average molecular weight is 599 g/mol. The molecule has 0 aliphatic rings. The summed E-state index contributed by atoms with van der Waals surface area (Å²) in [5.41, 5.74) is 1.11. The third kappa shape index (κ3) is 13.4. The van der Waals surface area contributed by atoms with Crippen molar-refractivity contribution >= 4 is 35.6 Å². The van der Waals surface area contributed by atoms with Crippen LogP contribution in [0, 0.1) is 5.92 Å². The van der Waals surface area contributed by atoms with E-state index in [2.05, 4.69) is 21.3 Å². The first-order valence-corrected chi connectivity index (χ1v) is 15.7. The number of hydrogen-bond donors (Lipinski definition) is 4. The van der Waals surface area contributed by atoms with Crippen molar-refractivity contribution in [1.82, 2.24) is 21.3 Å². The van der Waals surface area contributed by atoms with Crippen LogP contribution in [0.25, 0.3) is 0 Å².